The number of rotatable bonds is 2. The molecule has 2 N–H and O–H groups in total. The van der Waals surface area contributed by atoms with Gasteiger partial charge in [-0.15, -0.1) is 0 Å². The van der Waals surface area contributed by atoms with Gasteiger partial charge in [0.25, 0.3) is 0 Å². The van der Waals surface area contributed by atoms with Crippen LogP contribution in [0.1, 0.15) is 27.2 Å². The van der Waals surface area contributed by atoms with Gasteiger partial charge < -0.3 is 5.73 Å². The van der Waals surface area contributed by atoms with Crippen LogP contribution >= 0.6 is 0 Å². The molecule has 0 spiro atoms. The van der Waals surface area contributed by atoms with Crippen LogP contribution in [0.15, 0.2) is 0 Å². The van der Waals surface area contributed by atoms with Gasteiger partial charge in [-0.1, -0.05) is 13.8 Å². The van der Waals surface area contributed by atoms with E-state index >= 15 is 0 Å². The normalized spacial score (nSPS) is 28.5. The highest BCUT2D eigenvalue weighted by atomic mass is 19.4. The van der Waals surface area contributed by atoms with Gasteiger partial charge in [0.2, 0.25) is 0 Å². The first-order chi connectivity index (χ1) is 7.28. The van der Waals surface area contributed by atoms with Crippen molar-refractivity contribution in [2.24, 2.45) is 5.73 Å². The van der Waals surface area contributed by atoms with E-state index in [2.05, 4.69) is 0 Å². The van der Waals surface area contributed by atoms with Gasteiger partial charge in [-0.25, -0.2) is 4.39 Å². The van der Waals surface area contributed by atoms with E-state index in [1.807, 2.05) is 13.8 Å². The molecule has 98 valence electrons. The lowest BCUT2D eigenvalue weighted by atomic mass is 10.0. The molecule has 0 bridgehead atoms. The summed E-state index contributed by atoms with van der Waals surface area (Å²) in [6.07, 6.45) is -3.98. The smallest absolute Gasteiger partial charge is 0.322 e. The molecule has 1 aliphatic heterocycles. The Labute approximate surface area is 93.8 Å². The monoisotopic (exact) mass is 244 g/mol. The number of likely N-dealkylation sites (tertiary alicyclic amines) is 1. The lowest BCUT2D eigenvalue weighted by Gasteiger charge is -2.27. The SMILES string of the molecule is CC.CC(N1CCC(N)(CF)C1)C(F)(F)F. The van der Waals surface area contributed by atoms with E-state index in [9.17, 15) is 17.6 Å². The quantitative estimate of drug-likeness (QED) is 0.755. The number of halogens is 4. The van der Waals surface area contributed by atoms with E-state index in [4.69, 9.17) is 5.73 Å². The second-order valence-corrected chi connectivity index (χ2v) is 3.93. The van der Waals surface area contributed by atoms with Crippen LogP contribution in [0.2, 0.25) is 0 Å². The van der Waals surface area contributed by atoms with Gasteiger partial charge in [0.15, 0.2) is 0 Å². The fourth-order valence-corrected chi connectivity index (χ4v) is 1.58. The predicted molar refractivity (Wildman–Crippen MR) is 55.9 cm³/mol. The lowest BCUT2D eigenvalue weighted by molar-refractivity contribution is -0.176. The van der Waals surface area contributed by atoms with Crippen molar-refractivity contribution in [3.8, 4) is 0 Å². The highest BCUT2D eigenvalue weighted by Gasteiger charge is 2.45. The Kier molecular flexibility index (Phi) is 5.69. The second-order valence-electron chi connectivity index (χ2n) is 3.93. The van der Waals surface area contributed by atoms with Crippen molar-refractivity contribution in [1.29, 1.82) is 0 Å². The van der Waals surface area contributed by atoms with E-state index in [1.54, 1.807) is 0 Å². The number of nitrogens with two attached hydrogens (primary N) is 1. The summed E-state index contributed by atoms with van der Waals surface area (Å²) in [6.45, 7) is 4.49. The molecule has 0 aromatic rings. The summed E-state index contributed by atoms with van der Waals surface area (Å²) in [7, 11) is 0. The molecule has 1 heterocycles. The Morgan fingerprint density at radius 3 is 2.19 bits per heavy atom. The van der Waals surface area contributed by atoms with E-state index in [0.717, 1.165) is 6.92 Å². The average molecular weight is 244 g/mol. The molecule has 1 rings (SSSR count). The fourth-order valence-electron chi connectivity index (χ4n) is 1.58. The molecule has 1 fully saturated rings. The third-order valence-corrected chi connectivity index (χ3v) is 2.70. The minimum Gasteiger partial charge on any atom is -0.322 e. The lowest BCUT2D eigenvalue weighted by Crippen LogP contribution is -2.49. The molecule has 0 aromatic carbocycles. The van der Waals surface area contributed by atoms with Crippen molar-refractivity contribution >= 4 is 0 Å². The summed E-state index contributed by atoms with van der Waals surface area (Å²) in [5.41, 5.74) is 4.46. The van der Waals surface area contributed by atoms with E-state index in [-0.39, 0.29) is 19.5 Å². The van der Waals surface area contributed by atoms with Gasteiger partial charge in [0.1, 0.15) is 12.7 Å². The van der Waals surface area contributed by atoms with Crippen molar-refractivity contribution < 1.29 is 17.6 Å². The Morgan fingerprint density at radius 1 is 1.38 bits per heavy atom. The molecule has 2 atom stereocenters. The molecule has 1 aliphatic rings. The highest BCUT2D eigenvalue weighted by molar-refractivity contribution is 4.96. The first kappa shape index (κ1) is 15.6. The minimum absolute atomic E-state index is 0.0236. The highest BCUT2D eigenvalue weighted by Crippen LogP contribution is 2.29. The molecule has 6 heteroatoms. The molecule has 0 radical (unpaired) electrons. The van der Waals surface area contributed by atoms with Gasteiger partial charge in [0, 0.05) is 13.1 Å². The van der Waals surface area contributed by atoms with Crippen molar-refractivity contribution in [3.63, 3.8) is 0 Å². The van der Waals surface area contributed by atoms with Crippen LogP contribution < -0.4 is 5.73 Å². The second kappa shape index (κ2) is 5.82. The fraction of sp³-hybridized carbons (Fsp3) is 1.00. The van der Waals surface area contributed by atoms with Crippen LogP contribution in [0.3, 0.4) is 0 Å². The van der Waals surface area contributed by atoms with Crippen LogP contribution in [0, 0.1) is 0 Å². The van der Waals surface area contributed by atoms with Gasteiger partial charge in [-0.05, 0) is 13.3 Å². The summed E-state index contributed by atoms with van der Waals surface area (Å²) in [5, 5.41) is 0. The molecule has 0 aliphatic carbocycles. The average Bonchev–Trinajstić information content (AvgIpc) is 2.62. The molecule has 2 nitrogen and oxygen atoms in total. The van der Waals surface area contributed by atoms with Crippen molar-refractivity contribution in [2.45, 2.75) is 44.9 Å². The number of hydrogen-bond donors (Lipinski definition) is 1. The van der Waals surface area contributed by atoms with E-state index in [0.29, 0.717) is 0 Å². The standard InChI is InChI=1S/C8H14F4N2.C2H6/c1-6(8(10,11)12)14-3-2-7(13,4-9)5-14;1-2/h6H,2-5,13H2,1H3;1-2H3. The van der Waals surface area contributed by atoms with Crippen LogP contribution in [0.25, 0.3) is 0 Å². The Balaban J connectivity index is 0.00000106. The first-order valence-corrected chi connectivity index (χ1v) is 5.44. The third kappa shape index (κ3) is 3.90. The Bertz CT molecular complexity index is 207. The van der Waals surface area contributed by atoms with Gasteiger partial charge in [-0.2, -0.15) is 13.2 Å². The molecular formula is C10H20F4N2. The summed E-state index contributed by atoms with van der Waals surface area (Å²) >= 11 is 0. The zero-order valence-corrected chi connectivity index (χ0v) is 9.94. The molecule has 0 amide bonds. The van der Waals surface area contributed by atoms with E-state index in [1.165, 1.54) is 4.90 Å². The summed E-state index contributed by atoms with van der Waals surface area (Å²) in [5.74, 6) is 0. The molecule has 16 heavy (non-hydrogen) atoms. The van der Waals surface area contributed by atoms with Crippen LogP contribution in [-0.4, -0.2) is 42.4 Å². The van der Waals surface area contributed by atoms with Gasteiger partial charge in [0.05, 0.1) is 5.54 Å². The summed E-state index contributed by atoms with van der Waals surface area (Å²) < 4.78 is 49.2. The maximum Gasteiger partial charge on any atom is 0.403 e. The Morgan fingerprint density at radius 2 is 1.88 bits per heavy atom. The topological polar surface area (TPSA) is 29.3 Å². The Hall–Kier alpha value is -0.360. The van der Waals surface area contributed by atoms with Crippen molar-refractivity contribution in [1.82, 2.24) is 4.90 Å². The first-order valence-electron chi connectivity index (χ1n) is 5.44. The van der Waals surface area contributed by atoms with Gasteiger partial charge >= 0.3 is 6.18 Å². The maximum absolute atomic E-state index is 12.4. The van der Waals surface area contributed by atoms with Crippen molar-refractivity contribution in [3.05, 3.63) is 0 Å². The molecule has 1 saturated heterocycles. The molecule has 0 aromatic heterocycles. The van der Waals surface area contributed by atoms with Crippen LogP contribution in [-0.2, 0) is 0 Å². The van der Waals surface area contributed by atoms with E-state index < -0.39 is 24.4 Å². The third-order valence-electron chi connectivity index (χ3n) is 2.70. The minimum atomic E-state index is -4.26. The molecule has 2 unspecified atom stereocenters. The predicted octanol–water partition coefficient (Wildman–Crippen LogP) is 2.34. The largest absolute Gasteiger partial charge is 0.403 e. The van der Waals surface area contributed by atoms with Crippen LogP contribution in [0.5, 0.6) is 0 Å². The number of hydrogen-bond acceptors (Lipinski definition) is 2. The summed E-state index contributed by atoms with van der Waals surface area (Å²) in [6, 6.07) is -1.54. The maximum atomic E-state index is 12.4. The molecular weight excluding hydrogens is 224 g/mol. The number of alkyl halides is 4. The van der Waals surface area contributed by atoms with Crippen LogP contribution in [0.4, 0.5) is 17.6 Å². The zero-order chi connectivity index (χ0) is 13.0. The van der Waals surface area contributed by atoms with Crippen molar-refractivity contribution in [2.75, 3.05) is 19.8 Å². The number of nitrogens with zero attached hydrogens (tertiary/aromatic N) is 1. The zero-order valence-electron chi connectivity index (χ0n) is 9.94. The molecule has 0 saturated carbocycles. The summed E-state index contributed by atoms with van der Waals surface area (Å²) in [4.78, 5) is 1.18. The van der Waals surface area contributed by atoms with Gasteiger partial charge in [-0.3, -0.25) is 4.90 Å².